The second-order valence-corrected chi connectivity index (χ2v) is 5.78. The molecule has 0 radical (unpaired) electrons. The number of benzene rings is 2. The van der Waals surface area contributed by atoms with Crippen LogP contribution >= 0.6 is 0 Å². The number of ether oxygens (including phenoxy) is 3. The summed E-state index contributed by atoms with van der Waals surface area (Å²) in [7, 11) is 1.11. The lowest BCUT2D eigenvalue weighted by Gasteiger charge is -2.16. The van der Waals surface area contributed by atoms with E-state index in [0.29, 0.717) is 0 Å². The molecule has 1 aliphatic rings. The van der Waals surface area contributed by atoms with Gasteiger partial charge in [-0.2, -0.15) is 0 Å². The average molecular weight is 388 g/mol. The first-order chi connectivity index (χ1) is 12.6. The molecule has 0 N–H and O–H groups in total. The summed E-state index contributed by atoms with van der Waals surface area (Å²) in [6, 6.07) is 6.84. The monoisotopic (exact) mass is 388 g/mol. The summed E-state index contributed by atoms with van der Waals surface area (Å²) in [6.07, 6.45) is -5.28. The van der Waals surface area contributed by atoms with Gasteiger partial charge in [-0.25, -0.2) is 13.6 Å². The maximum atomic E-state index is 13.9. The number of fused-ring (bicyclic) bond motifs is 1. The van der Waals surface area contributed by atoms with Gasteiger partial charge in [0.05, 0.1) is 7.11 Å². The Bertz CT molecular complexity index is 859. The predicted molar refractivity (Wildman–Crippen MR) is 83.2 cm³/mol. The molecule has 27 heavy (non-hydrogen) atoms. The van der Waals surface area contributed by atoms with E-state index in [9.17, 15) is 26.7 Å². The zero-order chi connectivity index (χ0) is 19.8. The number of carbonyl (C=O) groups is 1. The smallest absolute Gasteiger partial charge is 0.465 e. The summed E-state index contributed by atoms with van der Waals surface area (Å²) >= 11 is 0. The van der Waals surface area contributed by atoms with E-state index in [-0.39, 0.29) is 34.6 Å². The first kappa shape index (κ1) is 18.9. The average Bonchev–Trinajstić information content (AvgIpc) is 2.89. The molecule has 0 heterocycles. The summed E-state index contributed by atoms with van der Waals surface area (Å²) in [5.41, 5.74) is -0.242. The zero-order valence-electron chi connectivity index (χ0n) is 13.9. The number of carbonyl (C=O) groups excluding carboxylic acids is 1. The Morgan fingerprint density at radius 1 is 1.04 bits per heavy atom. The van der Waals surface area contributed by atoms with Crippen molar-refractivity contribution in [2.45, 2.75) is 25.1 Å². The van der Waals surface area contributed by atoms with E-state index < -0.39 is 30.4 Å². The van der Waals surface area contributed by atoms with Crippen LogP contribution in [-0.2, 0) is 17.1 Å². The fraction of sp³-hybridized carbons (Fsp3) is 0.278. The molecule has 0 fully saturated rings. The van der Waals surface area contributed by atoms with Gasteiger partial charge in [0.15, 0.2) is 0 Å². The molecule has 4 nitrogen and oxygen atoms in total. The highest BCUT2D eigenvalue weighted by molar-refractivity contribution is 5.95. The Morgan fingerprint density at radius 3 is 2.26 bits per heavy atom. The quantitative estimate of drug-likeness (QED) is 0.533. The van der Waals surface area contributed by atoms with Crippen LogP contribution in [0.25, 0.3) is 0 Å². The topological polar surface area (TPSA) is 44.8 Å². The summed E-state index contributed by atoms with van der Waals surface area (Å²) in [6.45, 7) is 0. The van der Waals surface area contributed by atoms with Gasteiger partial charge >= 0.3 is 12.3 Å². The van der Waals surface area contributed by atoms with Crippen LogP contribution < -0.4 is 9.47 Å². The third-order valence-electron chi connectivity index (χ3n) is 4.03. The van der Waals surface area contributed by atoms with E-state index in [1.165, 1.54) is 24.3 Å². The molecular formula is C18H13F5O4. The zero-order valence-corrected chi connectivity index (χ0v) is 13.9. The van der Waals surface area contributed by atoms with Crippen molar-refractivity contribution >= 4 is 5.97 Å². The van der Waals surface area contributed by atoms with E-state index in [4.69, 9.17) is 4.74 Å². The number of esters is 1. The van der Waals surface area contributed by atoms with Gasteiger partial charge < -0.3 is 14.2 Å². The third kappa shape index (κ3) is 3.96. The Labute approximate surface area is 150 Å². The van der Waals surface area contributed by atoms with Gasteiger partial charge in [0, 0.05) is 12.0 Å². The Morgan fingerprint density at radius 2 is 1.67 bits per heavy atom. The Hall–Kier alpha value is -2.84. The van der Waals surface area contributed by atoms with Crippen LogP contribution in [0.5, 0.6) is 17.2 Å². The molecule has 0 spiro atoms. The Kier molecular flexibility index (Phi) is 4.71. The minimum Gasteiger partial charge on any atom is -0.465 e. The first-order valence-electron chi connectivity index (χ1n) is 7.77. The summed E-state index contributed by atoms with van der Waals surface area (Å²) in [4.78, 5) is 12.1. The molecule has 0 atom stereocenters. The van der Waals surface area contributed by atoms with Crippen LogP contribution in [0.2, 0.25) is 0 Å². The van der Waals surface area contributed by atoms with Gasteiger partial charge in [0.1, 0.15) is 22.8 Å². The fourth-order valence-corrected chi connectivity index (χ4v) is 2.89. The fourth-order valence-electron chi connectivity index (χ4n) is 2.89. The maximum absolute atomic E-state index is 13.9. The lowest BCUT2D eigenvalue weighted by atomic mass is 10.0. The van der Waals surface area contributed by atoms with Crippen molar-refractivity contribution < 1.29 is 41.0 Å². The highest BCUT2D eigenvalue weighted by atomic mass is 19.4. The minimum atomic E-state index is -4.83. The van der Waals surface area contributed by atoms with Crippen LogP contribution in [-0.4, -0.2) is 19.4 Å². The van der Waals surface area contributed by atoms with Crippen molar-refractivity contribution in [3.63, 3.8) is 0 Å². The van der Waals surface area contributed by atoms with Crippen LogP contribution in [0.3, 0.4) is 0 Å². The molecule has 3 rings (SSSR count). The maximum Gasteiger partial charge on any atom is 0.573 e. The first-order valence-corrected chi connectivity index (χ1v) is 7.77. The van der Waals surface area contributed by atoms with Crippen molar-refractivity contribution in [1.82, 2.24) is 0 Å². The SMILES string of the molecule is COC(=O)c1c(Oc2ccc(OC(F)(F)F)cc2)ccc2c1CCC2(F)F. The minimum absolute atomic E-state index is 0.0252. The van der Waals surface area contributed by atoms with E-state index in [0.717, 1.165) is 19.2 Å². The lowest BCUT2D eigenvalue weighted by molar-refractivity contribution is -0.274. The molecule has 2 aromatic rings. The molecular weight excluding hydrogens is 375 g/mol. The van der Waals surface area contributed by atoms with E-state index in [2.05, 4.69) is 9.47 Å². The van der Waals surface area contributed by atoms with E-state index in [1.807, 2.05) is 0 Å². The molecule has 9 heteroatoms. The van der Waals surface area contributed by atoms with Gasteiger partial charge in [0.25, 0.3) is 5.92 Å². The van der Waals surface area contributed by atoms with E-state index >= 15 is 0 Å². The Balaban J connectivity index is 1.92. The van der Waals surface area contributed by atoms with Crippen molar-refractivity contribution in [2.24, 2.45) is 0 Å². The van der Waals surface area contributed by atoms with Crippen molar-refractivity contribution in [3.8, 4) is 17.2 Å². The molecule has 144 valence electrons. The number of rotatable bonds is 4. The van der Waals surface area contributed by atoms with Crippen LogP contribution in [0.15, 0.2) is 36.4 Å². The molecule has 0 amide bonds. The third-order valence-corrected chi connectivity index (χ3v) is 4.03. The number of methoxy groups -OCH3 is 1. The summed E-state index contributed by atoms with van der Waals surface area (Å²) in [5.74, 6) is -4.26. The van der Waals surface area contributed by atoms with Crippen molar-refractivity contribution in [2.75, 3.05) is 7.11 Å². The molecule has 0 saturated heterocycles. The summed E-state index contributed by atoms with van der Waals surface area (Å²) in [5, 5.41) is 0. The molecule has 0 unspecified atom stereocenters. The summed E-state index contributed by atoms with van der Waals surface area (Å²) < 4.78 is 78.4. The molecule has 0 aliphatic heterocycles. The number of alkyl halides is 5. The predicted octanol–water partition coefficient (Wildman–Crippen LogP) is 5.20. The largest absolute Gasteiger partial charge is 0.573 e. The number of hydrogen-bond acceptors (Lipinski definition) is 4. The molecule has 0 aromatic heterocycles. The van der Waals surface area contributed by atoms with Crippen molar-refractivity contribution in [3.05, 3.63) is 53.1 Å². The van der Waals surface area contributed by atoms with E-state index in [1.54, 1.807) is 0 Å². The number of hydrogen-bond donors (Lipinski definition) is 0. The highest BCUT2D eigenvalue weighted by Gasteiger charge is 2.42. The molecule has 0 saturated carbocycles. The standard InChI is InChI=1S/C18H13F5O4/c1-25-16(24)15-12-8-9-17(19,20)13(12)6-7-14(15)26-10-2-4-11(5-3-10)27-18(21,22)23/h2-7H,8-9H2,1H3. The highest BCUT2D eigenvalue weighted by Crippen LogP contribution is 2.45. The number of halogens is 5. The van der Waals surface area contributed by atoms with Gasteiger partial charge in [0.2, 0.25) is 0 Å². The van der Waals surface area contributed by atoms with Crippen LogP contribution in [0.4, 0.5) is 22.0 Å². The molecule has 0 bridgehead atoms. The van der Waals surface area contributed by atoms with Gasteiger partial charge in [-0.3, -0.25) is 0 Å². The lowest BCUT2D eigenvalue weighted by Crippen LogP contribution is -2.16. The van der Waals surface area contributed by atoms with Crippen LogP contribution in [0, 0.1) is 0 Å². The second-order valence-electron chi connectivity index (χ2n) is 5.78. The van der Waals surface area contributed by atoms with Gasteiger partial charge in [-0.05, 0) is 48.4 Å². The second kappa shape index (κ2) is 6.71. The normalized spacial score (nSPS) is 15.2. The molecule has 1 aliphatic carbocycles. The van der Waals surface area contributed by atoms with Gasteiger partial charge in [-0.1, -0.05) is 0 Å². The van der Waals surface area contributed by atoms with Gasteiger partial charge in [-0.15, -0.1) is 13.2 Å². The molecule has 2 aromatic carbocycles. The van der Waals surface area contributed by atoms with Crippen molar-refractivity contribution in [1.29, 1.82) is 0 Å². The van der Waals surface area contributed by atoms with Crippen LogP contribution in [0.1, 0.15) is 27.9 Å².